The Morgan fingerprint density at radius 2 is 1.92 bits per heavy atom. The molecule has 1 aromatic carbocycles. The number of nitrogens with one attached hydrogen (secondary N) is 1. The molecular weight excluding hydrogens is 170 g/mol. The lowest BCUT2D eigenvalue weighted by molar-refractivity contribution is 0.415. The predicted octanol–water partition coefficient (Wildman–Crippen LogP) is 2.45. The molecule has 0 saturated heterocycles. The number of hydrogen-bond acceptors (Lipinski definition) is 2. The minimum atomic E-state index is 0.764. The fourth-order valence-electron chi connectivity index (χ4n) is 0.878. The van der Waals surface area contributed by atoms with Crippen LogP contribution in [0.15, 0.2) is 24.3 Å². The second-order valence-corrected chi connectivity index (χ2v) is 3.02. The molecule has 0 aliphatic rings. The highest BCUT2D eigenvalue weighted by molar-refractivity contribution is 7.80. The van der Waals surface area contributed by atoms with Crippen LogP contribution < -0.4 is 10.1 Å². The molecule has 0 heterocycles. The minimum Gasteiger partial charge on any atom is -0.497 e. The number of ether oxygens (including phenoxy) is 1. The molecule has 0 aromatic heterocycles. The first-order valence-electron chi connectivity index (χ1n) is 3.64. The molecule has 0 bridgehead atoms. The van der Waals surface area contributed by atoms with E-state index in [1.807, 2.05) is 31.2 Å². The lowest BCUT2D eigenvalue weighted by atomic mass is 10.3. The van der Waals surface area contributed by atoms with Gasteiger partial charge in [-0.15, -0.1) is 0 Å². The quantitative estimate of drug-likeness (QED) is 0.708. The van der Waals surface area contributed by atoms with E-state index in [9.17, 15) is 0 Å². The van der Waals surface area contributed by atoms with Crippen molar-refractivity contribution in [3.8, 4) is 5.75 Å². The second kappa shape index (κ2) is 4.07. The van der Waals surface area contributed by atoms with Crippen LogP contribution in [0.25, 0.3) is 0 Å². The highest BCUT2D eigenvalue weighted by Gasteiger charge is 1.92. The fourth-order valence-corrected chi connectivity index (χ4v) is 0.995. The summed E-state index contributed by atoms with van der Waals surface area (Å²) in [6, 6.07) is 7.63. The van der Waals surface area contributed by atoms with Crippen LogP contribution in [-0.2, 0) is 0 Å². The molecule has 0 saturated carbocycles. The molecular formula is C9H11NOS. The number of thiocarbonyl (C=S) groups is 1. The summed E-state index contributed by atoms with van der Waals surface area (Å²) in [4.78, 5) is 0.764. The van der Waals surface area contributed by atoms with Gasteiger partial charge in [0.1, 0.15) is 5.75 Å². The number of anilines is 1. The Labute approximate surface area is 77.5 Å². The van der Waals surface area contributed by atoms with E-state index in [1.54, 1.807) is 7.11 Å². The minimum absolute atomic E-state index is 0.764. The van der Waals surface area contributed by atoms with Gasteiger partial charge in [-0.3, -0.25) is 0 Å². The Kier molecular flexibility index (Phi) is 3.05. The molecule has 3 heteroatoms. The van der Waals surface area contributed by atoms with Crippen molar-refractivity contribution in [3.63, 3.8) is 0 Å². The first-order valence-corrected chi connectivity index (χ1v) is 4.05. The van der Waals surface area contributed by atoms with E-state index in [4.69, 9.17) is 17.0 Å². The molecule has 0 aliphatic carbocycles. The first kappa shape index (κ1) is 9.00. The van der Waals surface area contributed by atoms with Crippen LogP contribution in [0.3, 0.4) is 0 Å². The van der Waals surface area contributed by atoms with E-state index in [2.05, 4.69) is 5.32 Å². The molecule has 0 aliphatic heterocycles. The Morgan fingerprint density at radius 3 is 2.33 bits per heavy atom. The summed E-state index contributed by atoms with van der Waals surface area (Å²) in [5, 5.41) is 3.03. The lowest BCUT2D eigenvalue weighted by Crippen LogP contribution is -2.02. The Morgan fingerprint density at radius 1 is 1.33 bits per heavy atom. The molecule has 12 heavy (non-hydrogen) atoms. The van der Waals surface area contributed by atoms with Gasteiger partial charge < -0.3 is 10.1 Å². The van der Waals surface area contributed by atoms with Crippen molar-refractivity contribution >= 4 is 22.9 Å². The fraction of sp³-hybridized carbons (Fsp3) is 0.222. The maximum Gasteiger partial charge on any atom is 0.119 e. The zero-order chi connectivity index (χ0) is 8.97. The van der Waals surface area contributed by atoms with Crippen molar-refractivity contribution in [1.29, 1.82) is 0 Å². The van der Waals surface area contributed by atoms with Gasteiger partial charge in [-0.1, -0.05) is 12.2 Å². The van der Waals surface area contributed by atoms with Crippen LogP contribution in [0, 0.1) is 0 Å². The van der Waals surface area contributed by atoms with E-state index >= 15 is 0 Å². The van der Waals surface area contributed by atoms with Gasteiger partial charge >= 0.3 is 0 Å². The summed E-state index contributed by atoms with van der Waals surface area (Å²) >= 11 is 4.90. The van der Waals surface area contributed by atoms with Crippen LogP contribution in [0.1, 0.15) is 6.92 Å². The summed E-state index contributed by atoms with van der Waals surface area (Å²) < 4.78 is 5.01. The van der Waals surface area contributed by atoms with E-state index in [0.717, 1.165) is 16.4 Å². The zero-order valence-electron chi connectivity index (χ0n) is 7.13. The normalized spacial score (nSPS) is 9.17. The van der Waals surface area contributed by atoms with Gasteiger partial charge in [-0.25, -0.2) is 0 Å². The van der Waals surface area contributed by atoms with Crippen molar-refractivity contribution in [3.05, 3.63) is 24.3 Å². The summed E-state index contributed by atoms with van der Waals surface area (Å²) in [6.07, 6.45) is 0. The Hall–Kier alpha value is -1.09. The van der Waals surface area contributed by atoms with Gasteiger partial charge in [-0.2, -0.15) is 0 Å². The van der Waals surface area contributed by atoms with E-state index in [0.29, 0.717) is 0 Å². The molecule has 64 valence electrons. The summed E-state index contributed by atoms with van der Waals surface area (Å²) in [7, 11) is 1.65. The van der Waals surface area contributed by atoms with Crippen LogP contribution in [0.5, 0.6) is 5.75 Å². The average molecular weight is 181 g/mol. The van der Waals surface area contributed by atoms with Crippen LogP contribution >= 0.6 is 12.2 Å². The lowest BCUT2D eigenvalue weighted by Gasteiger charge is -2.04. The van der Waals surface area contributed by atoms with Crippen LogP contribution in [0.2, 0.25) is 0 Å². The third-order valence-corrected chi connectivity index (χ3v) is 1.51. The van der Waals surface area contributed by atoms with Gasteiger partial charge in [0.25, 0.3) is 0 Å². The molecule has 1 N–H and O–H groups in total. The first-order chi connectivity index (χ1) is 5.72. The SMILES string of the molecule is COc1ccc(NC(C)=S)cc1. The smallest absolute Gasteiger partial charge is 0.119 e. The maximum absolute atomic E-state index is 5.01. The number of hydrogen-bond donors (Lipinski definition) is 1. The molecule has 1 aromatic rings. The number of benzene rings is 1. The molecule has 0 unspecified atom stereocenters. The third kappa shape index (κ3) is 2.51. The largest absolute Gasteiger partial charge is 0.497 e. The van der Waals surface area contributed by atoms with E-state index in [-0.39, 0.29) is 0 Å². The standard InChI is InChI=1S/C9H11NOS/c1-7(12)10-8-3-5-9(11-2)6-4-8/h3-6H,1-2H3,(H,10,12). The topological polar surface area (TPSA) is 21.3 Å². The van der Waals surface area contributed by atoms with Crippen molar-refractivity contribution in [2.45, 2.75) is 6.92 Å². The second-order valence-electron chi connectivity index (χ2n) is 2.41. The van der Waals surface area contributed by atoms with Crippen molar-refractivity contribution in [2.24, 2.45) is 0 Å². The molecule has 0 spiro atoms. The molecule has 0 atom stereocenters. The number of methoxy groups -OCH3 is 1. The monoisotopic (exact) mass is 181 g/mol. The summed E-state index contributed by atoms with van der Waals surface area (Å²) in [6.45, 7) is 1.85. The van der Waals surface area contributed by atoms with Crippen molar-refractivity contribution < 1.29 is 4.74 Å². The highest BCUT2D eigenvalue weighted by atomic mass is 32.1. The van der Waals surface area contributed by atoms with Gasteiger partial charge in [0.2, 0.25) is 0 Å². The van der Waals surface area contributed by atoms with E-state index < -0.39 is 0 Å². The predicted molar refractivity (Wildman–Crippen MR) is 54.9 cm³/mol. The Bertz CT molecular complexity index is 268. The molecule has 0 radical (unpaired) electrons. The maximum atomic E-state index is 5.01. The highest BCUT2D eigenvalue weighted by Crippen LogP contribution is 2.14. The number of rotatable bonds is 2. The molecule has 1 rings (SSSR count). The molecule has 0 amide bonds. The molecule has 2 nitrogen and oxygen atoms in total. The van der Waals surface area contributed by atoms with E-state index in [1.165, 1.54) is 0 Å². The van der Waals surface area contributed by atoms with Crippen molar-refractivity contribution in [1.82, 2.24) is 0 Å². The average Bonchev–Trinajstić information content (AvgIpc) is 2.05. The summed E-state index contributed by atoms with van der Waals surface area (Å²) in [5.41, 5.74) is 0.989. The molecule has 0 fully saturated rings. The van der Waals surface area contributed by atoms with Gasteiger partial charge in [0.15, 0.2) is 0 Å². The van der Waals surface area contributed by atoms with Crippen molar-refractivity contribution in [2.75, 3.05) is 12.4 Å². The summed E-state index contributed by atoms with van der Waals surface area (Å²) in [5.74, 6) is 0.850. The zero-order valence-corrected chi connectivity index (χ0v) is 7.94. The van der Waals surface area contributed by atoms with Gasteiger partial charge in [0, 0.05) is 5.69 Å². The van der Waals surface area contributed by atoms with Crippen LogP contribution in [0.4, 0.5) is 5.69 Å². The van der Waals surface area contributed by atoms with Gasteiger partial charge in [0.05, 0.1) is 12.1 Å². The third-order valence-electron chi connectivity index (χ3n) is 1.41. The van der Waals surface area contributed by atoms with Crippen LogP contribution in [-0.4, -0.2) is 12.1 Å². The van der Waals surface area contributed by atoms with Gasteiger partial charge in [-0.05, 0) is 31.2 Å². The Balaban J connectivity index is 2.71.